The minimum Gasteiger partial charge on any atom is -0.383 e. The standard InChI is InChI=1S/C19H16Cl2N6O2/c1-10-9-26(11-4-5-13(20)14(21)7-11)19(29)16-15(8-24-27(10)16)25-18(28)12-3-2-6-23-17(12)22/h2-8,10H,9H2,1H3,(H2,22,23)(H,25,28)/t10-/m0/s1. The molecule has 1 aromatic carbocycles. The fraction of sp³-hybridized carbons (Fsp3) is 0.158. The summed E-state index contributed by atoms with van der Waals surface area (Å²) >= 11 is 12.1. The summed E-state index contributed by atoms with van der Waals surface area (Å²) in [6.07, 6.45) is 2.95. The van der Waals surface area contributed by atoms with E-state index in [9.17, 15) is 9.59 Å². The molecule has 148 valence electrons. The SMILES string of the molecule is C[C@H]1CN(c2ccc(Cl)c(Cl)c2)C(=O)c2c(NC(=O)c3cccnc3N)cnn21. The lowest BCUT2D eigenvalue weighted by atomic mass is 10.1. The van der Waals surface area contributed by atoms with Crippen LogP contribution in [0, 0.1) is 0 Å². The first kappa shape index (κ1) is 19.2. The third-order valence-corrected chi connectivity index (χ3v) is 5.39. The molecule has 3 N–H and O–H groups in total. The molecule has 0 fully saturated rings. The average molecular weight is 431 g/mol. The number of carbonyl (C=O) groups excluding carboxylic acids is 2. The van der Waals surface area contributed by atoms with E-state index in [0.29, 0.717) is 28.0 Å². The second-order valence-electron chi connectivity index (χ2n) is 6.60. The minimum absolute atomic E-state index is 0.100. The third kappa shape index (κ3) is 3.41. The molecule has 10 heteroatoms. The van der Waals surface area contributed by atoms with Crippen molar-refractivity contribution in [2.75, 3.05) is 22.5 Å². The highest BCUT2D eigenvalue weighted by Crippen LogP contribution is 2.33. The number of nitrogen functional groups attached to an aromatic ring is 1. The van der Waals surface area contributed by atoms with Crippen LogP contribution in [-0.2, 0) is 0 Å². The van der Waals surface area contributed by atoms with Crippen LogP contribution in [0.4, 0.5) is 17.2 Å². The molecular weight excluding hydrogens is 415 g/mol. The van der Waals surface area contributed by atoms with E-state index < -0.39 is 5.91 Å². The summed E-state index contributed by atoms with van der Waals surface area (Å²) in [5, 5.41) is 7.75. The van der Waals surface area contributed by atoms with Crippen LogP contribution in [-0.4, -0.2) is 33.1 Å². The molecule has 3 heterocycles. The molecule has 0 unspecified atom stereocenters. The maximum atomic E-state index is 13.2. The Morgan fingerprint density at radius 3 is 2.79 bits per heavy atom. The number of fused-ring (bicyclic) bond motifs is 1. The molecule has 0 saturated heterocycles. The lowest BCUT2D eigenvalue weighted by molar-refractivity contribution is 0.0954. The summed E-state index contributed by atoms with van der Waals surface area (Å²) < 4.78 is 1.60. The van der Waals surface area contributed by atoms with Crippen molar-refractivity contribution in [3.05, 3.63) is 64.0 Å². The van der Waals surface area contributed by atoms with Crippen molar-refractivity contribution in [3.8, 4) is 0 Å². The van der Waals surface area contributed by atoms with Crippen LogP contribution in [0.5, 0.6) is 0 Å². The van der Waals surface area contributed by atoms with Crippen LogP contribution < -0.4 is 16.0 Å². The van der Waals surface area contributed by atoms with E-state index in [0.717, 1.165) is 0 Å². The van der Waals surface area contributed by atoms with Crippen LogP contribution in [0.3, 0.4) is 0 Å². The molecule has 3 aromatic rings. The predicted molar refractivity (Wildman–Crippen MR) is 112 cm³/mol. The lowest BCUT2D eigenvalue weighted by Gasteiger charge is -2.32. The molecule has 1 aliphatic heterocycles. The number of aromatic nitrogens is 3. The van der Waals surface area contributed by atoms with Gasteiger partial charge in [0.05, 0.1) is 33.5 Å². The fourth-order valence-electron chi connectivity index (χ4n) is 3.23. The van der Waals surface area contributed by atoms with Crippen molar-refractivity contribution in [1.82, 2.24) is 14.8 Å². The summed E-state index contributed by atoms with van der Waals surface area (Å²) in [6, 6.07) is 8.04. The Hall–Kier alpha value is -3.10. The molecule has 2 aromatic heterocycles. The quantitative estimate of drug-likeness (QED) is 0.659. The molecule has 0 radical (unpaired) electrons. The second-order valence-corrected chi connectivity index (χ2v) is 7.42. The molecule has 0 bridgehead atoms. The second kappa shape index (κ2) is 7.38. The Morgan fingerprint density at radius 1 is 1.28 bits per heavy atom. The monoisotopic (exact) mass is 430 g/mol. The molecule has 0 aliphatic carbocycles. The number of benzene rings is 1. The predicted octanol–water partition coefficient (Wildman–Crippen LogP) is 3.64. The van der Waals surface area contributed by atoms with Crippen molar-refractivity contribution in [2.24, 2.45) is 0 Å². The summed E-state index contributed by atoms with van der Waals surface area (Å²) in [4.78, 5) is 31.3. The highest BCUT2D eigenvalue weighted by molar-refractivity contribution is 6.42. The lowest BCUT2D eigenvalue weighted by Crippen LogP contribution is -2.43. The van der Waals surface area contributed by atoms with Gasteiger partial charge in [0, 0.05) is 18.4 Å². The van der Waals surface area contributed by atoms with Crippen LogP contribution in [0.15, 0.2) is 42.7 Å². The average Bonchev–Trinajstić information content (AvgIpc) is 3.11. The number of nitrogens with one attached hydrogen (secondary N) is 1. The smallest absolute Gasteiger partial charge is 0.278 e. The molecule has 0 spiro atoms. The fourth-order valence-corrected chi connectivity index (χ4v) is 3.52. The van der Waals surface area contributed by atoms with Gasteiger partial charge in [-0.1, -0.05) is 23.2 Å². The summed E-state index contributed by atoms with van der Waals surface area (Å²) in [6.45, 7) is 2.33. The van der Waals surface area contributed by atoms with Gasteiger partial charge in [0.2, 0.25) is 0 Å². The number of anilines is 3. The zero-order valence-corrected chi connectivity index (χ0v) is 16.8. The van der Waals surface area contributed by atoms with Gasteiger partial charge in [-0.3, -0.25) is 14.3 Å². The van der Waals surface area contributed by atoms with Crippen LogP contribution in [0.1, 0.15) is 33.8 Å². The summed E-state index contributed by atoms with van der Waals surface area (Å²) in [5.41, 5.74) is 7.15. The van der Waals surface area contributed by atoms with Crippen molar-refractivity contribution < 1.29 is 9.59 Å². The zero-order chi connectivity index (χ0) is 20.7. The molecule has 4 rings (SSSR count). The largest absolute Gasteiger partial charge is 0.383 e. The summed E-state index contributed by atoms with van der Waals surface area (Å²) in [7, 11) is 0. The van der Waals surface area contributed by atoms with Crippen molar-refractivity contribution in [1.29, 1.82) is 0 Å². The third-order valence-electron chi connectivity index (χ3n) is 4.65. The van der Waals surface area contributed by atoms with Gasteiger partial charge in [0.25, 0.3) is 11.8 Å². The van der Waals surface area contributed by atoms with E-state index in [1.54, 1.807) is 39.9 Å². The van der Waals surface area contributed by atoms with Crippen molar-refractivity contribution >= 4 is 52.2 Å². The molecule has 1 aliphatic rings. The highest BCUT2D eigenvalue weighted by Gasteiger charge is 2.34. The molecule has 1 atom stereocenters. The van der Waals surface area contributed by atoms with E-state index in [1.165, 1.54) is 12.4 Å². The number of hydrogen-bond donors (Lipinski definition) is 2. The minimum atomic E-state index is -0.474. The normalized spacial score (nSPS) is 15.9. The Bertz CT molecular complexity index is 1130. The Kier molecular flexibility index (Phi) is 4.89. The number of nitrogens with zero attached hydrogens (tertiary/aromatic N) is 4. The van der Waals surface area contributed by atoms with Gasteiger partial charge in [-0.05, 0) is 37.3 Å². The van der Waals surface area contributed by atoms with Gasteiger partial charge in [-0.2, -0.15) is 5.10 Å². The van der Waals surface area contributed by atoms with Crippen LogP contribution in [0.25, 0.3) is 0 Å². The van der Waals surface area contributed by atoms with E-state index >= 15 is 0 Å². The molecule has 29 heavy (non-hydrogen) atoms. The molecular formula is C19H16Cl2N6O2. The van der Waals surface area contributed by atoms with Gasteiger partial charge in [0.15, 0.2) is 5.69 Å². The van der Waals surface area contributed by atoms with E-state index in [2.05, 4.69) is 15.4 Å². The Morgan fingerprint density at radius 2 is 2.07 bits per heavy atom. The molecule has 0 saturated carbocycles. The number of amides is 2. The first-order chi connectivity index (χ1) is 13.9. The number of nitrogens with two attached hydrogens (primary N) is 1. The number of pyridine rings is 1. The van der Waals surface area contributed by atoms with Crippen molar-refractivity contribution in [2.45, 2.75) is 13.0 Å². The topological polar surface area (TPSA) is 106 Å². The summed E-state index contributed by atoms with van der Waals surface area (Å²) in [5.74, 6) is -0.685. The van der Waals surface area contributed by atoms with Gasteiger partial charge in [0.1, 0.15) is 5.82 Å². The Balaban J connectivity index is 1.68. The van der Waals surface area contributed by atoms with Gasteiger partial charge in [-0.15, -0.1) is 0 Å². The first-order valence-electron chi connectivity index (χ1n) is 8.73. The van der Waals surface area contributed by atoms with E-state index in [-0.39, 0.29) is 29.0 Å². The van der Waals surface area contributed by atoms with Gasteiger partial charge < -0.3 is 16.0 Å². The van der Waals surface area contributed by atoms with Crippen LogP contribution in [0.2, 0.25) is 10.0 Å². The van der Waals surface area contributed by atoms with Crippen LogP contribution >= 0.6 is 23.2 Å². The van der Waals surface area contributed by atoms with Gasteiger partial charge in [-0.25, -0.2) is 4.98 Å². The van der Waals surface area contributed by atoms with Gasteiger partial charge >= 0.3 is 0 Å². The maximum absolute atomic E-state index is 13.2. The first-order valence-corrected chi connectivity index (χ1v) is 9.48. The maximum Gasteiger partial charge on any atom is 0.278 e. The number of carbonyl (C=O) groups is 2. The number of rotatable bonds is 3. The Labute approximate surface area is 176 Å². The number of halogens is 2. The number of hydrogen-bond acceptors (Lipinski definition) is 5. The zero-order valence-electron chi connectivity index (χ0n) is 15.3. The molecule has 8 nitrogen and oxygen atoms in total. The van der Waals surface area contributed by atoms with Crippen molar-refractivity contribution in [3.63, 3.8) is 0 Å². The van der Waals surface area contributed by atoms with E-state index in [4.69, 9.17) is 28.9 Å². The highest BCUT2D eigenvalue weighted by atomic mass is 35.5. The van der Waals surface area contributed by atoms with E-state index in [1.807, 2.05) is 6.92 Å². The molecule has 2 amide bonds.